The van der Waals surface area contributed by atoms with Crippen molar-refractivity contribution >= 4 is 23.3 Å². The summed E-state index contributed by atoms with van der Waals surface area (Å²) < 4.78 is 34.6. The fourth-order valence-electron chi connectivity index (χ4n) is 3.52. The van der Waals surface area contributed by atoms with E-state index in [1.54, 1.807) is 52.3 Å². The first-order valence-electron chi connectivity index (χ1n) is 11.4. The highest BCUT2D eigenvalue weighted by Crippen LogP contribution is 2.31. The van der Waals surface area contributed by atoms with Crippen molar-refractivity contribution in [2.75, 3.05) is 34.0 Å². The Labute approximate surface area is 213 Å². The number of benzene rings is 2. The second-order valence-corrected chi connectivity index (χ2v) is 8.65. The maximum atomic E-state index is 13.4. The van der Waals surface area contributed by atoms with Gasteiger partial charge in [-0.25, -0.2) is 14.2 Å². The van der Waals surface area contributed by atoms with Crippen LogP contribution in [0.5, 0.6) is 11.5 Å². The Balaban J connectivity index is 1.97. The molecule has 0 aliphatic carbocycles. The molecule has 0 aliphatic rings. The molecule has 192 valence electrons. The van der Waals surface area contributed by atoms with Crippen LogP contribution in [-0.2, 0) is 27.4 Å². The van der Waals surface area contributed by atoms with E-state index in [1.807, 2.05) is 11.0 Å². The van der Waals surface area contributed by atoms with Gasteiger partial charge in [-0.2, -0.15) is 0 Å². The van der Waals surface area contributed by atoms with E-state index in [0.29, 0.717) is 39.2 Å². The third-order valence-electron chi connectivity index (χ3n) is 5.17. The molecule has 0 fully saturated rings. The van der Waals surface area contributed by atoms with Gasteiger partial charge in [-0.05, 0) is 44.2 Å². The molecule has 0 radical (unpaired) electrons. The normalized spacial score (nSPS) is 10.8. The van der Waals surface area contributed by atoms with Gasteiger partial charge in [-0.1, -0.05) is 6.07 Å². The van der Waals surface area contributed by atoms with Crippen molar-refractivity contribution in [2.24, 2.45) is 0 Å². The number of rotatable bonds is 12. The molecule has 8 nitrogen and oxygen atoms in total. The lowest BCUT2D eigenvalue weighted by molar-refractivity contribution is -0.144. The van der Waals surface area contributed by atoms with E-state index < -0.39 is 11.9 Å². The van der Waals surface area contributed by atoms with Crippen molar-refractivity contribution in [2.45, 2.75) is 26.9 Å². The average Bonchev–Trinajstić information content (AvgIpc) is 3.28. The van der Waals surface area contributed by atoms with Gasteiger partial charge in [0.2, 0.25) is 0 Å². The quantitative estimate of drug-likeness (QED) is 0.320. The molecular weight excluding hydrogens is 487 g/mol. The smallest absolute Gasteiger partial charge is 0.350 e. The van der Waals surface area contributed by atoms with E-state index in [0.717, 1.165) is 16.9 Å². The number of carbonyl (C=O) groups excluding carboxylic acids is 2. The zero-order valence-electron chi connectivity index (χ0n) is 20.7. The predicted octanol–water partition coefficient (Wildman–Crippen LogP) is 4.71. The van der Waals surface area contributed by atoms with Crippen LogP contribution in [0.3, 0.4) is 0 Å². The molecule has 3 aromatic rings. The molecule has 0 N–H and O–H groups in total. The Hall–Kier alpha value is -3.50. The topological polar surface area (TPSA) is 87.2 Å². The lowest BCUT2D eigenvalue weighted by Gasteiger charge is -2.22. The van der Waals surface area contributed by atoms with Gasteiger partial charge in [0.1, 0.15) is 27.2 Å². The summed E-state index contributed by atoms with van der Waals surface area (Å²) in [6.45, 7) is 4.37. The first-order chi connectivity index (χ1) is 17.4. The summed E-state index contributed by atoms with van der Waals surface area (Å²) in [7, 11) is 3.13. The fraction of sp³-hybridized carbons (Fsp3) is 0.346. The summed E-state index contributed by atoms with van der Waals surface area (Å²) in [4.78, 5) is 32.0. The fourth-order valence-corrected chi connectivity index (χ4v) is 4.50. The summed E-state index contributed by atoms with van der Waals surface area (Å²) in [6, 6.07) is 11.3. The molecule has 3 rings (SSSR count). The van der Waals surface area contributed by atoms with E-state index in [2.05, 4.69) is 4.98 Å². The van der Waals surface area contributed by atoms with Gasteiger partial charge in [-0.3, -0.25) is 9.69 Å². The number of halogens is 1. The van der Waals surface area contributed by atoms with Crippen molar-refractivity contribution < 1.29 is 32.9 Å². The van der Waals surface area contributed by atoms with Gasteiger partial charge in [-0.15, -0.1) is 11.3 Å². The van der Waals surface area contributed by atoms with Crippen LogP contribution < -0.4 is 9.47 Å². The van der Waals surface area contributed by atoms with Crippen LogP contribution in [0.1, 0.15) is 34.8 Å². The zero-order chi connectivity index (χ0) is 26.1. The van der Waals surface area contributed by atoms with E-state index in [-0.39, 0.29) is 32.1 Å². The lowest BCUT2D eigenvalue weighted by atomic mass is 10.1. The summed E-state index contributed by atoms with van der Waals surface area (Å²) in [6.07, 6.45) is 0. The van der Waals surface area contributed by atoms with Crippen molar-refractivity contribution in [3.63, 3.8) is 0 Å². The number of nitrogens with zero attached hydrogens (tertiary/aromatic N) is 2. The molecule has 0 bridgehead atoms. The summed E-state index contributed by atoms with van der Waals surface area (Å²) >= 11 is 1.16. The van der Waals surface area contributed by atoms with E-state index in [4.69, 9.17) is 18.9 Å². The number of hydrogen-bond acceptors (Lipinski definition) is 9. The van der Waals surface area contributed by atoms with Crippen molar-refractivity contribution in [3.05, 3.63) is 64.4 Å². The lowest BCUT2D eigenvalue weighted by Crippen LogP contribution is -2.31. The molecular formula is C26H29FN2O6S. The molecule has 0 aliphatic heterocycles. The second-order valence-electron chi connectivity index (χ2n) is 7.65. The molecule has 2 aromatic carbocycles. The molecule has 0 atom stereocenters. The highest BCUT2D eigenvalue weighted by molar-refractivity contribution is 7.17. The molecule has 10 heteroatoms. The van der Waals surface area contributed by atoms with Gasteiger partial charge in [0, 0.05) is 30.3 Å². The Morgan fingerprint density at radius 3 is 2.33 bits per heavy atom. The third-order valence-corrected chi connectivity index (χ3v) is 6.30. The first-order valence-corrected chi connectivity index (χ1v) is 12.2. The Kier molecular flexibility index (Phi) is 9.77. The van der Waals surface area contributed by atoms with Gasteiger partial charge >= 0.3 is 11.9 Å². The molecule has 0 spiro atoms. The largest absolute Gasteiger partial charge is 0.497 e. The number of thiazole rings is 1. The van der Waals surface area contributed by atoms with Crippen molar-refractivity contribution in [3.8, 4) is 22.1 Å². The molecule has 1 heterocycles. The molecule has 0 saturated heterocycles. The molecule has 1 aromatic heterocycles. The third kappa shape index (κ3) is 7.02. The Morgan fingerprint density at radius 2 is 1.69 bits per heavy atom. The number of ether oxygens (including phenoxy) is 4. The van der Waals surface area contributed by atoms with Gasteiger partial charge < -0.3 is 18.9 Å². The van der Waals surface area contributed by atoms with Crippen LogP contribution in [-0.4, -0.2) is 55.8 Å². The number of esters is 2. The summed E-state index contributed by atoms with van der Waals surface area (Å²) in [5.41, 5.74) is 1.94. The van der Waals surface area contributed by atoms with Crippen LogP contribution in [0.25, 0.3) is 10.6 Å². The minimum Gasteiger partial charge on any atom is -0.497 e. The summed E-state index contributed by atoms with van der Waals surface area (Å²) in [5.74, 6) is -0.0389. The van der Waals surface area contributed by atoms with Crippen LogP contribution >= 0.6 is 11.3 Å². The molecule has 36 heavy (non-hydrogen) atoms. The highest BCUT2D eigenvalue weighted by atomic mass is 32.1. The molecule has 0 amide bonds. The number of hydrogen-bond donors (Lipinski definition) is 0. The highest BCUT2D eigenvalue weighted by Gasteiger charge is 2.24. The first kappa shape index (κ1) is 27.1. The van der Waals surface area contributed by atoms with Crippen LogP contribution in [0.15, 0.2) is 42.5 Å². The van der Waals surface area contributed by atoms with Crippen LogP contribution in [0.4, 0.5) is 4.39 Å². The van der Waals surface area contributed by atoms with Crippen LogP contribution in [0, 0.1) is 5.82 Å². The number of aromatic nitrogens is 1. The maximum Gasteiger partial charge on any atom is 0.350 e. The zero-order valence-corrected chi connectivity index (χ0v) is 21.5. The Bertz CT molecular complexity index is 1180. The minimum absolute atomic E-state index is 0.0330. The second kappa shape index (κ2) is 13.0. The number of methoxy groups -OCH3 is 2. The van der Waals surface area contributed by atoms with Crippen molar-refractivity contribution in [1.82, 2.24) is 9.88 Å². The predicted molar refractivity (Wildman–Crippen MR) is 134 cm³/mol. The van der Waals surface area contributed by atoms with E-state index in [9.17, 15) is 14.0 Å². The molecule has 0 unspecified atom stereocenters. The molecule has 0 saturated carbocycles. The summed E-state index contributed by atoms with van der Waals surface area (Å²) in [5, 5.41) is 0.547. The SMILES string of the molecule is CCOC(=O)CN(Cc1ccc(OC)cc1OC)Cc1nc(-c2ccc(F)cc2)sc1C(=O)OCC. The Morgan fingerprint density at radius 1 is 0.972 bits per heavy atom. The standard InChI is InChI=1S/C26H29FN2O6S/c1-5-34-23(30)16-29(14-18-9-12-20(32-3)13-22(18)33-4)15-21-24(26(31)35-6-2)36-25(28-21)17-7-10-19(27)11-8-17/h7-13H,5-6,14-16H2,1-4H3. The van der Waals surface area contributed by atoms with Crippen LogP contribution in [0.2, 0.25) is 0 Å². The van der Waals surface area contributed by atoms with Gasteiger partial charge in [0.15, 0.2) is 0 Å². The van der Waals surface area contributed by atoms with E-state index in [1.165, 1.54) is 12.1 Å². The minimum atomic E-state index is -0.503. The maximum absolute atomic E-state index is 13.4. The van der Waals surface area contributed by atoms with E-state index >= 15 is 0 Å². The van der Waals surface area contributed by atoms with Gasteiger partial charge in [0.05, 0.1) is 39.7 Å². The van der Waals surface area contributed by atoms with Gasteiger partial charge in [0.25, 0.3) is 0 Å². The number of carbonyl (C=O) groups is 2. The average molecular weight is 517 g/mol. The van der Waals surface area contributed by atoms with Crippen molar-refractivity contribution in [1.29, 1.82) is 0 Å². The monoisotopic (exact) mass is 516 g/mol.